The number of benzene rings is 1. The van der Waals surface area contributed by atoms with Gasteiger partial charge in [0.25, 0.3) is 0 Å². The average molecular weight is 389 g/mol. The second-order valence-electron chi connectivity index (χ2n) is 6.92. The number of nitrogens with one attached hydrogen (secondary N) is 2. The molecule has 0 amide bonds. The lowest BCUT2D eigenvalue weighted by Gasteiger charge is -2.38. The number of likely N-dealkylation sites (N-methyl/N-ethyl adjacent to an activating group) is 1. The Hall–Kier alpha value is -2.27. The van der Waals surface area contributed by atoms with Crippen molar-refractivity contribution in [2.24, 2.45) is 0 Å². The molecule has 0 fully saturated rings. The van der Waals surface area contributed by atoms with Gasteiger partial charge in [0, 0.05) is 31.9 Å². The monoisotopic (exact) mass is 388 g/mol. The molecule has 2 N–H and O–H groups in total. The lowest BCUT2D eigenvalue weighted by atomic mass is 9.98. The Kier molecular flexibility index (Phi) is 7.48. The molecule has 1 aromatic carbocycles. The quantitative estimate of drug-likeness (QED) is 0.516. The van der Waals surface area contributed by atoms with E-state index in [0.717, 1.165) is 23.3 Å². The predicted octanol–water partition coefficient (Wildman–Crippen LogP) is 4.25. The Morgan fingerprint density at radius 3 is 2.48 bits per heavy atom. The van der Waals surface area contributed by atoms with Crippen LogP contribution in [0.5, 0.6) is 0 Å². The van der Waals surface area contributed by atoms with Crippen LogP contribution >= 0.6 is 11.6 Å². The average Bonchev–Trinajstić information content (AvgIpc) is 2.61. The highest BCUT2D eigenvalue weighted by Gasteiger charge is 2.27. The summed E-state index contributed by atoms with van der Waals surface area (Å²) in [5.74, 6) is 1.29. The molecule has 0 saturated carbocycles. The van der Waals surface area contributed by atoms with Crippen molar-refractivity contribution in [3.8, 4) is 0 Å². The minimum Gasteiger partial charge on any atom is -0.496 e. The van der Waals surface area contributed by atoms with Gasteiger partial charge in [-0.2, -0.15) is 0 Å². The second kappa shape index (κ2) is 9.60. The van der Waals surface area contributed by atoms with Crippen LogP contribution in [-0.4, -0.2) is 54.1 Å². The van der Waals surface area contributed by atoms with E-state index in [4.69, 9.17) is 27.2 Å². The topological polar surface area (TPSA) is 63.4 Å². The Balaban J connectivity index is 2.18. The minimum atomic E-state index is -0.0118. The first kappa shape index (κ1) is 21.0. The van der Waals surface area contributed by atoms with Crippen LogP contribution in [0.1, 0.15) is 25.8 Å². The van der Waals surface area contributed by atoms with Gasteiger partial charge in [0.15, 0.2) is 0 Å². The molecule has 5 nitrogen and oxygen atoms in total. The fourth-order valence-corrected chi connectivity index (χ4v) is 3.65. The van der Waals surface area contributed by atoms with Gasteiger partial charge in [-0.25, -0.2) is 0 Å². The van der Waals surface area contributed by atoms with E-state index in [1.165, 1.54) is 5.56 Å². The number of amidine groups is 1. The van der Waals surface area contributed by atoms with Gasteiger partial charge in [0.2, 0.25) is 0 Å². The number of rotatable bonds is 8. The smallest absolute Gasteiger partial charge is 0.124 e. The Labute approximate surface area is 167 Å². The molecule has 1 aromatic rings. The van der Waals surface area contributed by atoms with Gasteiger partial charge >= 0.3 is 0 Å². The molecule has 0 bridgehead atoms. The maximum Gasteiger partial charge on any atom is 0.124 e. The van der Waals surface area contributed by atoms with Crippen molar-refractivity contribution in [3.63, 3.8) is 0 Å². The standard InChI is InChI=1S/C21H29ClN4O/c1-15-13-25(3)18(16(2)21(15)27-4)14-26(20(24)12-19(22)23)11-10-17-8-6-5-7-9-17/h5-9,13,18,23-24H,10-12,14H2,1-4H3. The first-order valence-corrected chi connectivity index (χ1v) is 9.46. The van der Waals surface area contributed by atoms with E-state index >= 15 is 0 Å². The molecule has 0 aromatic heterocycles. The van der Waals surface area contributed by atoms with Crippen LogP contribution < -0.4 is 0 Å². The molecule has 1 heterocycles. The van der Waals surface area contributed by atoms with Gasteiger partial charge < -0.3 is 14.5 Å². The molecule has 0 radical (unpaired) electrons. The number of hydrogen-bond donors (Lipinski definition) is 2. The number of halogens is 1. The largest absolute Gasteiger partial charge is 0.496 e. The predicted molar refractivity (Wildman–Crippen MR) is 113 cm³/mol. The maximum absolute atomic E-state index is 8.45. The van der Waals surface area contributed by atoms with E-state index < -0.39 is 0 Å². The third-order valence-electron chi connectivity index (χ3n) is 4.92. The van der Waals surface area contributed by atoms with Crippen LogP contribution in [0.25, 0.3) is 0 Å². The van der Waals surface area contributed by atoms with Gasteiger partial charge in [-0.3, -0.25) is 10.8 Å². The molecule has 0 aliphatic carbocycles. The zero-order chi connectivity index (χ0) is 20.0. The molecule has 146 valence electrons. The molecule has 1 aliphatic rings. The summed E-state index contributed by atoms with van der Waals surface area (Å²) >= 11 is 5.77. The summed E-state index contributed by atoms with van der Waals surface area (Å²) in [4.78, 5) is 4.19. The van der Waals surface area contributed by atoms with Gasteiger partial charge in [-0.15, -0.1) is 0 Å². The number of allylic oxidation sites excluding steroid dienone is 1. The van der Waals surface area contributed by atoms with Gasteiger partial charge in [0.1, 0.15) is 16.8 Å². The summed E-state index contributed by atoms with van der Waals surface area (Å²) in [6.07, 6.45) is 3.07. The first-order valence-electron chi connectivity index (χ1n) is 9.08. The second-order valence-corrected chi connectivity index (χ2v) is 7.38. The van der Waals surface area contributed by atoms with Crippen LogP contribution in [0.3, 0.4) is 0 Å². The normalized spacial score (nSPS) is 16.9. The highest BCUT2D eigenvalue weighted by Crippen LogP contribution is 2.27. The Morgan fingerprint density at radius 2 is 1.89 bits per heavy atom. The van der Waals surface area contributed by atoms with Crippen molar-refractivity contribution in [3.05, 3.63) is 59.0 Å². The molecule has 1 aliphatic heterocycles. The number of nitrogens with zero attached hydrogens (tertiary/aromatic N) is 2. The van der Waals surface area contributed by atoms with Gasteiger partial charge in [-0.1, -0.05) is 41.9 Å². The fourth-order valence-electron chi connectivity index (χ4n) is 3.52. The fraction of sp³-hybridized carbons (Fsp3) is 0.429. The van der Waals surface area contributed by atoms with Crippen LogP contribution in [0.4, 0.5) is 0 Å². The highest BCUT2D eigenvalue weighted by atomic mass is 35.5. The van der Waals surface area contributed by atoms with Crippen molar-refractivity contribution in [2.75, 3.05) is 27.2 Å². The lowest BCUT2D eigenvalue weighted by Crippen LogP contribution is -2.46. The summed E-state index contributed by atoms with van der Waals surface area (Å²) in [6.45, 7) is 5.47. The third kappa shape index (κ3) is 5.60. The van der Waals surface area contributed by atoms with Crippen LogP contribution in [0.15, 0.2) is 53.4 Å². The molecule has 0 saturated heterocycles. The highest BCUT2D eigenvalue weighted by molar-refractivity contribution is 6.65. The van der Waals surface area contributed by atoms with Crippen LogP contribution in [0.2, 0.25) is 0 Å². The molecule has 1 unspecified atom stereocenters. The van der Waals surface area contributed by atoms with Gasteiger partial charge in [-0.05, 0) is 31.4 Å². The summed E-state index contributed by atoms with van der Waals surface area (Å²) < 4.78 is 5.59. The molecular weight excluding hydrogens is 360 g/mol. The van der Waals surface area contributed by atoms with E-state index in [0.29, 0.717) is 18.9 Å². The maximum atomic E-state index is 8.45. The SMILES string of the molecule is COC1=C(C)C(CN(CCc2ccccc2)C(=N)CC(=N)Cl)N(C)C=C1C. The van der Waals surface area contributed by atoms with E-state index in [1.54, 1.807) is 7.11 Å². The molecular formula is C21H29ClN4O. The van der Waals surface area contributed by atoms with E-state index in [1.807, 2.05) is 37.1 Å². The van der Waals surface area contributed by atoms with E-state index in [9.17, 15) is 0 Å². The first-order chi connectivity index (χ1) is 12.8. The van der Waals surface area contributed by atoms with Crippen molar-refractivity contribution in [1.82, 2.24) is 9.80 Å². The molecule has 2 rings (SSSR count). The van der Waals surface area contributed by atoms with Crippen LogP contribution in [0, 0.1) is 10.8 Å². The zero-order valence-electron chi connectivity index (χ0n) is 16.6. The van der Waals surface area contributed by atoms with Crippen molar-refractivity contribution < 1.29 is 4.74 Å². The summed E-state index contributed by atoms with van der Waals surface area (Å²) in [5.41, 5.74) is 3.48. The van der Waals surface area contributed by atoms with Crippen molar-refractivity contribution in [1.29, 1.82) is 10.8 Å². The Bertz CT molecular complexity index is 742. The van der Waals surface area contributed by atoms with Gasteiger partial charge in [0.05, 0.1) is 19.6 Å². The number of methoxy groups -OCH3 is 1. The minimum absolute atomic E-state index is 0.0118. The van der Waals surface area contributed by atoms with E-state index in [-0.39, 0.29) is 17.6 Å². The summed E-state index contributed by atoms with van der Waals surface area (Å²) in [5, 5.41) is 16.0. The molecule has 27 heavy (non-hydrogen) atoms. The summed E-state index contributed by atoms with van der Waals surface area (Å²) in [6, 6.07) is 10.4. The van der Waals surface area contributed by atoms with Crippen molar-refractivity contribution >= 4 is 22.6 Å². The van der Waals surface area contributed by atoms with Crippen LogP contribution in [-0.2, 0) is 11.2 Å². The van der Waals surface area contributed by atoms with Crippen molar-refractivity contribution in [2.45, 2.75) is 32.7 Å². The molecule has 0 spiro atoms. The zero-order valence-corrected chi connectivity index (χ0v) is 17.3. The molecule has 1 atom stereocenters. The third-order valence-corrected chi connectivity index (χ3v) is 5.05. The summed E-state index contributed by atoms with van der Waals surface area (Å²) in [7, 11) is 3.75. The number of ether oxygens (including phenoxy) is 1. The molecule has 6 heteroatoms. The number of hydrogen-bond acceptors (Lipinski definition) is 4. The lowest BCUT2D eigenvalue weighted by molar-refractivity contribution is 0.241. The van der Waals surface area contributed by atoms with E-state index in [2.05, 4.69) is 30.2 Å². The Morgan fingerprint density at radius 1 is 1.22 bits per heavy atom.